The van der Waals surface area contributed by atoms with E-state index in [1.807, 2.05) is 24.0 Å². The summed E-state index contributed by atoms with van der Waals surface area (Å²) in [7, 11) is 0. The number of halogens is 1. The summed E-state index contributed by atoms with van der Waals surface area (Å²) >= 11 is 7.98. The summed E-state index contributed by atoms with van der Waals surface area (Å²) in [4.78, 5) is 9.36. The van der Waals surface area contributed by atoms with Crippen LogP contribution in [0.1, 0.15) is 30.3 Å². The van der Waals surface area contributed by atoms with Gasteiger partial charge >= 0.3 is 0 Å². The molecule has 3 rings (SSSR count). The molecular weight excluding hydrogens is 278 g/mol. The molecule has 0 N–H and O–H groups in total. The molecule has 1 aliphatic rings. The number of imidazole rings is 1. The lowest BCUT2D eigenvalue weighted by molar-refractivity contribution is 0.464. The summed E-state index contributed by atoms with van der Waals surface area (Å²) in [6.07, 6.45) is 5.13. The van der Waals surface area contributed by atoms with E-state index in [9.17, 15) is 0 Å². The number of thioether (sulfide) groups is 1. The summed E-state index contributed by atoms with van der Waals surface area (Å²) < 4.78 is 2.35. The number of hydrogen-bond donors (Lipinski definition) is 0. The van der Waals surface area contributed by atoms with Crippen molar-refractivity contribution in [3.63, 3.8) is 0 Å². The Morgan fingerprint density at radius 1 is 1.42 bits per heavy atom. The second-order valence-corrected chi connectivity index (χ2v) is 6.58. The summed E-state index contributed by atoms with van der Waals surface area (Å²) in [5.74, 6) is 4.18. The van der Waals surface area contributed by atoms with E-state index in [2.05, 4.69) is 16.5 Å². The molecule has 0 atom stereocenters. The van der Waals surface area contributed by atoms with Crippen molar-refractivity contribution in [3.05, 3.63) is 23.7 Å². The van der Waals surface area contributed by atoms with Gasteiger partial charge in [0, 0.05) is 24.5 Å². The maximum Gasteiger partial charge on any atom is 0.160 e. The number of aromatic nitrogens is 3. The second kappa shape index (κ2) is 5.71. The van der Waals surface area contributed by atoms with Gasteiger partial charge in [0.15, 0.2) is 5.65 Å². The van der Waals surface area contributed by atoms with E-state index in [4.69, 9.17) is 16.6 Å². The Balaban J connectivity index is 2.13. The van der Waals surface area contributed by atoms with Crippen LogP contribution in [0.15, 0.2) is 12.3 Å². The van der Waals surface area contributed by atoms with Gasteiger partial charge in [0.05, 0.1) is 0 Å². The molecule has 19 heavy (non-hydrogen) atoms. The van der Waals surface area contributed by atoms with Crippen LogP contribution in [0.4, 0.5) is 0 Å². The zero-order valence-corrected chi connectivity index (χ0v) is 12.7. The quantitative estimate of drug-likeness (QED) is 0.811. The molecular formula is C14H18ClN3S. The molecule has 0 radical (unpaired) electrons. The van der Waals surface area contributed by atoms with Gasteiger partial charge in [-0.3, -0.25) is 0 Å². The van der Waals surface area contributed by atoms with Crippen LogP contribution in [0.3, 0.4) is 0 Å². The molecule has 0 unspecified atom stereocenters. The second-order valence-electron chi connectivity index (χ2n) is 4.98. The fraction of sp³-hybridized carbons (Fsp3) is 0.571. The number of alkyl halides is 1. The third kappa shape index (κ3) is 2.48. The standard InChI is InChI=1S/C14H18ClN3S/c1-10-3-7-16-14-13(10)17-12(2-6-15)18(14)11-4-8-19-9-5-11/h3,7,11H,2,4-6,8-9H2,1H3. The van der Waals surface area contributed by atoms with Crippen LogP contribution in [0, 0.1) is 6.92 Å². The molecule has 3 nitrogen and oxygen atoms in total. The van der Waals surface area contributed by atoms with Crippen molar-refractivity contribution in [2.45, 2.75) is 32.2 Å². The lowest BCUT2D eigenvalue weighted by Crippen LogP contribution is -2.18. The smallest absolute Gasteiger partial charge is 0.160 e. The minimum Gasteiger partial charge on any atom is -0.309 e. The monoisotopic (exact) mass is 295 g/mol. The first kappa shape index (κ1) is 13.3. The van der Waals surface area contributed by atoms with E-state index in [0.717, 1.165) is 23.4 Å². The number of nitrogens with zero attached hydrogens (tertiary/aromatic N) is 3. The number of fused-ring (bicyclic) bond motifs is 1. The lowest BCUT2D eigenvalue weighted by atomic mass is 10.1. The van der Waals surface area contributed by atoms with Gasteiger partial charge in [-0.15, -0.1) is 11.6 Å². The van der Waals surface area contributed by atoms with Crippen LogP contribution in [-0.2, 0) is 6.42 Å². The third-order valence-corrected chi connectivity index (χ3v) is 4.97. The number of aryl methyl sites for hydroxylation is 2. The van der Waals surface area contributed by atoms with E-state index in [1.54, 1.807) is 0 Å². The van der Waals surface area contributed by atoms with Gasteiger partial charge in [-0.25, -0.2) is 9.97 Å². The lowest BCUT2D eigenvalue weighted by Gasteiger charge is -2.24. The molecule has 1 fully saturated rings. The molecule has 0 amide bonds. The van der Waals surface area contributed by atoms with E-state index < -0.39 is 0 Å². The summed E-state index contributed by atoms with van der Waals surface area (Å²) in [5.41, 5.74) is 3.28. The molecule has 0 aromatic carbocycles. The predicted octanol–water partition coefficient (Wildman–Crippen LogP) is 3.59. The average molecular weight is 296 g/mol. The van der Waals surface area contributed by atoms with E-state index in [0.29, 0.717) is 11.9 Å². The Labute approximate surface area is 122 Å². The highest BCUT2D eigenvalue weighted by Gasteiger charge is 2.22. The van der Waals surface area contributed by atoms with Crippen molar-refractivity contribution < 1.29 is 0 Å². The highest BCUT2D eigenvalue weighted by molar-refractivity contribution is 7.99. The zero-order valence-electron chi connectivity index (χ0n) is 11.1. The average Bonchev–Trinajstić information content (AvgIpc) is 2.80. The minimum atomic E-state index is 0.541. The Morgan fingerprint density at radius 3 is 2.95 bits per heavy atom. The highest BCUT2D eigenvalue weighted by atomic mass is 35.5. The van der Waals surface area contributed by atoms with Crippen LogP contribution in [0.2, 0.25) is 0 Å². The van der Waals surface area contributed by atoms with Gasteiger partial charge in [0.25, 0.3) is 0 Å². The molecule has 0 spiro atoms. The third-order valence-electron chi connectivity index (χ3n) is 3.73. The number of pyridine rings is 1. The molecule has 0 saturated carbocycles. The zero-order chi connectivity index (χ0) is 13.2. The first-order valence-corrected chi connectivity index (χ1v) is 8.46. The fourth-order valence-electron chi connectivity index (χ4n) is 2.74. The van der Waals surface area contributed by atoms with Crippen LogP contribution in [-0.4, -0.2) is 31.9 Å². The van der Waals surface area contributed by atoms with Crippen molar-refractivity contribution in [2.24, 2.45) is 0 Å². The summed E-state index contributed by atoms with van der Waals surface area (Å²) in [5, 5.41) is 0. The SMILES string of the molecule is Cc1ccnc2c1nc(CCCl)n2C1CCSCC1. The molecule has 5 heteroatoms. The number of rotatable bonds is 3. The minimum absolute atomic E-state index is 0.541. The van der Waals surface area contributed by atoms with Gasteiger partial charge in [0.2, 0.25) is 0 Å². The molecule has 1 saturated heterocycles. The van der Waals surface area contributed by atoms with Crippen molar-refractivity contribution in [1.82, 2.24) is 14.5 Å². The normalized spacial score (nSPS) is 17.2. The Kier molecular flexibility index (Phi) is 3.99. The van der Waals surface area contributed by atoms with Crippen LogP contribution < -0.4 is 0 Å². The first-order valence-electron chi connectivity index (χ1n) is 6.77. The van der Waals surface area contributed by atoms with Gasteiger partial charge in [-0.05, 0) is 42.9 Å². The largest absolute Gasteiger partial charge is 0.309 e. The Morgan fingerprint density at radius 2 is 2.21 bits per heavy atom. The molecule has 1 aliphatic heterocycles. The number of hydrogen-bond acceptors (Lipinski definition) is 3. The molecule has 3 heterocycles. The molecule has 102 valence electrons. The molecule has 0 aliphatic carbocycles. The predicted molar refractivity (Wildman–Crippen MR) is 82.3 cm³/mol. The van der Waals surface area contributed by atoms with E-state index in [-0.39, 0.29) is 0 Å². The van der Waals surface area contributed by atoms with E-state index >= 15 is 0 Å². The highest BCUT2D eigenvalue weighted by Crippen LogP contribution is 2.31. The van der Waals surface area contributed by atoms with Gasteiger partial charge in [-0.2, -0.15) is 11.8 Å². The summed E-state index contributed by atoms with van der Waals surface area (Å²) in [6.45, 7) is 2.10. The fourth-order valence-corrected chi connectivity index (χ4v) is 3.99. The molecule has 2 aromatic heterocycles. The van der Waals surface area contributed by atoms with Gasteiger partial charge in [-0.1, -0.05) is 0 Å². The van der Waals surface area contributed by atoms with Crippen molar-refractivity contribution in [3.8, 4) is 0 Å². The van der Waals surface area contributed by atoms with Crippen molar-refractivity contribution in [2.75, 3.05) is 17.4 Å². The molecule has 0 bridgehead atoms. The maximum absolute atomic E-state index is 5.94. The van der Waals surface area contributed by atoms with Gasteiger partial charge in [0.1, 0.15) is 11.3 Å². The molecule has 2 aromatic rings. The van der Waals surface area contributed by atoms with E-state index in [1.165, 1.54) is 29.9 Å². The Bertz CT molecular complexity index is 575. The maximum atomic E-state index is 5.94. The first-order chi connectivity index (χ1) is 9.31. The van der Waals surface area contributed by atoms with Crippen LogP contribution in [0.25, 0.3) is 11.2 Å². The Hall–Kier alpha value is -0.740. The van der Waals surface area contributed by atoms with Crippen molar-refractivity contribution >= 4 is 34.5 Å². The van der Waals surface area contributed by atoms with Crippen molar-refractivity contribution in [1.29, 1.82) is 0 Å². The summed E-state index contributed by atoms with van der Waals surface area (Å²) in [6, 6.07) is 2.57. The topological polar surface area (TPSA) is 30.7 Å². The van der Waals surface area contributed by atoms with Gasteiger partial charge < -0.3 is 4.57 Å². The van der Waals surface area contributed by atoms with Crippen LogP contribution in [0.5, 0.6) is 0 Å². The van der Waals surface area contributed by atoms with Crippen LogP contribution >= 0.6 is 23.4 Å².